The molecule has 4 rings (SSSR count). The van der Waals surface area contributed by atoms with Gasteiger partial charge >= 0.3 is 0 Å². The van der Waals surface area contributed by atoms with E-state index in [9.17, 15) is 0 Å². The predicted molar refractivity (Wildman–Crippen MR) is 107 cm³/mol. The maximum atomic E-state index is 4.91. The van der Waals surface area contributed by atoms with Crippen LogP contribution in [0, 0.1) is 13.8 Å². The second kappa shape index (κ2) is 7.08. The summed E-state index contributed by atoms with van der Waals surface area (Å²) in [5.41, 5.74) is 6.14. The number of aryl methyl sites for hydroxylation is 2. The molecule has 1 aromatic heterocycles. The van der Waals surface area contributed by atoms with Crippen molar-refractivity contribution in [3.05, 3.63) is 76.6 Å². The van der Waals surface area contributed by atoms with Gasteiger partial charge in [-0.25, -0.2) is 0 Å². The fourth-order valence-corrected chi connectivity index (χ4v) is 4.09. The molecule has 0 aliphatic carbocycles. The molecule has 0 unspecified atom stereocenters. The van der Waals surface area contributed by atoms with Gasteiger partial charge in [0.15, 0.2) is 5.82 Å². The molecule has 0 fully saturated rings. The molecule has 0 spiro atoms. The standard InChI is InChI=1S/C21H22N4S/c1-14-9-10-15(2)18(11-14)19-13-26-21-23-22-20(25(21)24-19)12-16(3)17-7-5-4-6-8-17/h4-11,16H,12-13H2,1-3H3/t16-/m0/s1. The SMILES string of the molecule is Cc1ccc(C)c(C2=Nn3c(C[C@H](C)c4ccccc4)nnc3SC2)c1. The van der Waals surface area contributed by atoms with E-state index in [4.69, 9.17) is 5.10 Å². The average Bonchev–Trinajstić information content (AvgIpc) is 3.06. The maximum Gasteiger partial charge on any atom is 0.212 e. The molecule has 4 nitrogen and oxygen atoms in total. The van der Waals surface area contributed by atoms with Gasteiger partial charge in [0.2, 0.25) is 5.16 Å². The van der Waals surface area contributed by atoms with E-state index in [1.807, 2.05) is 10.7 Å². The molecule has 132 valence electrons. The van der Waals surface area contributed by atoms with Crippen LogP contribution in [-0.2, 0) is 6.42 Å². The zero-order valence-corrected chi connectivity index (χ0v) is 16.1. The maximum absolute atomic E-state index is 4.91. The summed E-state index contributed by atoms with van der Waals surface area (Å²) in [5, 5.41) is 14.6. The summed E-state index contributed by atoms with van der Waals surface area (Å²) in [6, 6.07) is 17.1. The molecule has 0 bridgehead atoms. The summed E-state index contributed by atoms with van der Waals surface area (Å²) in [6.45, 7) is 6.49. The first-order valence-electron chi connectivity index (χ1n) is 8.89. The van der Waals surface area contributed by atoms with Crippen molar-refractivity contribution in [3.63, 3.8) is 0 Å². The monoisotopic (exact) mass is 362 g/mol. The van der Waals surface area contributed by atoms with Crippen LogP contribution in [0.5, 0.6) is 0 Å². The third kappa shape index (κ3) is 3.31. The number of nitrogens with zero attached hydrogens (tertiary/aromatic N) is 4. The first kappa shape index (κ1) is 17.0. The van der Waals surface area contributed by atoms with Crippen molar-refractivity contribution in [1.82, 2.24) is 14.9 Å². The Labute approximate surface area is 158 Å². The fraction of sp³-hybridized carbons (Fsp3) is 0.286. The highest BCUT2D eigenvalue weighted by molar-refractivity contribution is 7.99. The molecule has 1 atom stereocenters. The number of hydrogen-bond acceptors (Lipinski definition) is 4. The van der Waals surface area contributed by atoms with E-state index in [1.54, 1.807) is 11.8 Å². The molecule has 1 aliphatic heterocycles. The number of benzene rings is 2. The van der Waals surface area contributed by atoms with Gasteiger partial charge in [-0.05, 0) is 37.0 Å². The minimum atomic E-state index is 0.371. The van der Waals surface area contributed by atoms with Crippen LogP contribution in [0.3, 0.4) is 0 Å². The van der Waals surface area contributed by atoms with Gasteiger partial charge in [0.05, 0.1) is 5.71 Å². The first-order chi connectivity index (χ1) is 12.6. The van der Waals surface area contributed by atoms with Crippen LogP contribution in [0.1, 0.15) is 40.9 Å². The molecule has 2 heterocycles. The van der Waals surface area contributed by atoms with Gasteiger partial charge in [-0.1, -0.05) is 66.7 Å². The molecule has 0 amide bonds. The van der Waals surface area contributed by atoms with Crippen molar-refractivity contribution in [3.8, 4) is 0 Å². The number of fused-ring (bicyclic) bond motifs is 1. The van der Waals surface area contributed by atoms with E-state index >= 15 is 0 Å². The molecule has 1 aliphatic rings. The molecule has 2 aromatic carbocycles. The van der Waals surface area contributed by atoms with E-state index in [0.29, 0.717) is 5.92 Å². The van der Waals surface area contributed by atoms with Crippen LogP contribution in [0.15, 0.2) is 58.8 Å². The fourth-order valence-electron chi connectivity index (χ4n) is 3.25. The molecule has 0 saturated carbocycles. The summed E-state index contributed by atoms with van der Waals surface area (Å²) in [7, 11) is 0. The van der Waals surface area contributed by atoms with Gasteiger partial charge in [0, 0.05) is 17.7 Å². The Morgan fingerprint density at radius 3 is 2.69 bits per heavy atom. The lowest BCUT2D eigenvalue weighted by atomic mass is 9.98. The highest BCUT2D eigenvalue weighted by atomic mass is 32.2. The third-order valence-corrected chi connectivity index (χ3v) is 5.73. The van der Waals surface area contributed by atoms with E-state index in [1.165, 1.54) is 22.3 Å². The number of aromatic nitrogens is 3. The Morgan fingerprint density at radius 2 is 1.88 bits per heavy atom. The van der Waals surface area contributed by atoms with E-state index in [0.717, 1.165) is 28.9 Å². The van der Waals surface area contributed by atoms with Crippen molar-refractivity contribution >= 4 is 17.5 Å². The number of rotatable bonds is 4. The van der Waals surface area contributed by atoms with E-state index in [-0.39, 0.29) is 0 Å². The van der Waals surface area contributed by atoms with Gasteiger partial charge in [-0.2, -0.15) is 9.78 Å². The largest absolute Gasteiger partial charge is 0.212 e. The molecule has 0 N–H and O–H groups in total. The van der Waals surface area contributed by atoms with Crippen LogP contribution < -0.4 is 0 Å². The normalized spacial score (nSPS) is 14.7. The quantitative estimate of drug-likeness (QED) is 0.681. The van der Waals surface area contributed by atoms with Crippen LogP contribution in [0.25, 0.3) is 0 Å². The smallest absolute Gasteiger partial charge is 0.191 e. The van der Waals surface area contributed by atoms with E-state index < -0.39 is 0 Å². The highest BCUT2D eigenvalue weighted by Gasteiger charge is 2.22. The van der Waals surface area contributed by atoms with Gasteiger partial charge in [-0.15, -0.1) is 10.2 Å². The minimum absolute atomic E-state index is 0.371. The van der Waals surface area contributed by atoms with Gasteiger partial charge < -0.3 is 0 Å². The van der Waals surface area contributed by atoms with Crippen LogP contribution >= 0.6 is 11.8 Å². The average molecular weight is 363 g/mol. The Bertz CT molecular complexity index is 959. The minimum Gasteiger partial charge on any atom is -0.191 e. The number of thioether (sulfide) groups is 1. The van der Waals surface area contributed by atoms with Crippen molar-refractivity contribution in [1.29, 1.82) is 0 Å². The lowest BCUT2D eigenvalue weighted by Crippen LogP contribution is -2.16. The van der Waals surface area contributed by atoms with Gasteiger partial charge in [0.25, 0.3) is 0 Å². The Hall–Kier alpha value is -2.40. The topological polar surface area (TPSA) is 43.1 Å². The third-order valence-electron chi connectivity index (χ3n) is 4.80. The lowest BCUT2D eigenvalue weighted by molar-refractivity contribution is 0.651. The zero-order valence-electron chi connectivity index (χ0n) is 15.3. The van der Waals surface area contributed by atoms with Crippen LogP contribution in [-0.4, -0.2) is 26.3 Å². The summed E-state index contributed by atoms with van der Waals surface area (Å²) >= 11 is 1.71. The summed E-state index contributed by atoms with van der Waals surface area (Å²) in [5.74, 6) is 2.12. The van der Waals surface area contributed by atoms with Gasteiger partial charge in [-0.3, -0.25) is 0 Å². The second-order valence-electron chi connectivity index (χ2n) is 6.88. The van der Waals surface area contributed by atoms with Crippen LogP contribution in [0.4, 0.5) is 0 Å². The van der Waals surface area contributed by atoms with Crippen molar-refractivity contribution in [2.75, 3.05) is 5.75 Å². The number of hydrogen-bond donors (Lipinski definition) is 0. The molecule has 5 heteroatoms. The Kier molecular flexibility index (Phi) is 4.64. The molecule has 0 radical (unpaired) electrons. The Balaban J connectivity index is 1.66. The summed E-state index contributed by atoms with van der Waals surface area (Å²) in [6.07, 6.45) is 0.821. The second-order valence-corrected chi connectivity index (χ2v) is 7.82. The Morgan fingerprint density at radius 1 is 1.08 bits per heavy atom. The van der Waals surface area contributed by atoms with E-state index in [2.05, 4.69) is 73.4 Å². The van der Waals surface area contributed by atoms with Gasteiger partial charge in [0.1, 0.15) is 0 Å². The summed E-state index contributed by atoms with van der Waals surface area (Å²) in [4.78, 5) is 0. The predicted octanol–water partition coefficient (Wildman–Crippen LogP) is 4.60. The molecule has 26 heavy (non-hydrogen) atoms. The molecule has 0 saturated heterocycles. The van der Waals surface area contributed by atoms with Crippen LogP contribution in [0.2, 0.25) is 0 Å². The molecular formula is C21H22N4S. The lowest BCUT2D eigenvalue weighted by Gasteiger charge is -2.17. The molecular weight excluding hydrogens is 340 g/mol. The van der Waals surface area contributed by atoms with Crippen molar-refractivity contribution in [2.45, 2.75) is 38.3 Å². The first-order valence-corrected chi connectivity index (χ1v) is 9.88. The summed E-state index contributed by atoms with van der Waals surface area (Å²) < 4.78 is 1.94. The molecule has 3 aromatic rings. The van der Waals surface area contributed by atoms with Crippen molar-refractivity contribution in [2.24, 2.45) is 5.10 Å². The highest BCUT2D eigenvalue weighted by Crippen LogP contribution is 2.27. The zero-order chi connectivity index (χ0) is 18.1. The van der Waals surface area contributed by atoms with Crippen molar-refractivity contribution < 1.29 is 0 Å².